The molecule has 0 unspecified atom stereocenters. The number of nitrogens with zero attached hydrogens (tertiary/aromatic N) is 4. The van der Waals surface area contributed by atoms with Crippen molar-refractivity contribution in [1.82, 2.24) is 19.9 Å². The van der Waals surface area contributed by atoms with Crippen LogP contribution in [0.15, 0.2) is 110 Å². The van der Waals surface area contributed by atoms with Gasteiger partial charge in [0.25, 0.3) is 0 Å². The number of aromatic nitrogens is 4. The first-order chi connectivity index (χ1) is 24.3. The second kappa shape index (κ2) is 10.9. The Balaban J connectivity index is 0.949. The summed E-state index contributed by atoms with van der Waals surface area (Å²) in [6.07, 6.45) is 12.7. The van der Waals surface area contributed by atoms with Crippen molar-refractivity contribution in [1.29, 1.82) is 0 Å². The number of hydrogen-bond donors (Lipinski definition) is 0. The molecule has 4 nitrogen and oxygen atoms in total. The summed E-state index contributed by atoms with van der Waals surface area (Å²) in [6, 6.07) is 31.4. The molecule has 4 aromatic heterocycles. The molecule has 6 aromatic rings. The molecule has 6 atom stereocenters. The van der Waals surface area contributed by atoms with Crippen molar-refractivity contribution in [2.45, 2.75) is 77.0 Å². The van der Waals surface area contributed by atoms with Crippen molar-refractivity contribution >= 4 is 10.8 Å². The van der Waals surface area contributed by atoms with E-state index >= 15 is 0 Å². The summed E-state index contributed by atoms with van der Waals surface area (Å²) < 4.78 is 0. The van der Waals surface area contributed by atoms with Gasteiger partial charge in [-0.25, -0.2) is 0 Å². The average Bonchev–Trinajstić information content (AvgIpc) is 3.14. The van der Waals surface area contributed by atoms with E-state index in [1.165, 1.54) is 57.0 Å². The lowest BCUT2D eigenvalue weighted by atomic mass is 9.44. The zero-order valence-electron chi connectivity index (χ0n) is 29.5. The summed E-state index contributed by atoms with van der Waals surface area (Å²) in [6.45, 7) is 9.90. The lowest BCUT2D eigenvalue weighted by Crippen LogP contribution is -2.50. The van der Waals surface area contributed by atoms with Gasteiger partial charge in [0.2, 0.25) is 0 Å². The Labute approximate surface area is 295 Å². The minimum absolute atomic E-state index is 0.304. The molecule has 0 radical (unpaired) electrons. The van der Waals surface area contributed by atoms with Gasteiger partial charge in [0, 0.05) is 24.8 Å². The van der Waals surface area contributed by atoms with E-state index in [0.29, 0.717) is 46.3 Å². The van der Waals surface area contributed by atoms with Crippen LogP contribution in [0.1, 0.15) is 97.6 Å². The maximum absolute atomic E-state index is 4.91. The van der Waals surface area contributed by atoms with E-state index in [1.54, 1.807) is 0 Å². The van der Waals surface area contributed by atoms with E-state index < -0.39 is 0 Å². The first kappa shape index (κ1) is 30.2. The van der Waals surface area contributed by atoms with Gasteiger partial charge in [-0.1, -0.05) is 76.2 Å². The van der Waals surface area contributed by atoms with Gasteiger partial charge < -0.3 is 0 Å². The average molecular weight is 653 g/mol. The first-order valence-corrected chi connectivity index (χ1v) is 18.6. The summed E-state index contributed by atoms with van der Waals surface area (Å²) in [5.41, 5.74) is 13.3. The lowest BCUT2D eigenvalue weighted by molar-refractivity contribution is -0.00586. The second-order valence-corrected chi connectivity index (χ2v) is 16.9. The molecule has 2 saturated carbocycles. The minimum atomic E-state index is 0.304. The van der Waals surface area contributed by atoms with Crippen LogP contribution in [-0.2, 0) is 12.8 Å². The van der Waals surface area contributed by atoms with Gasteiger partial charge in [-0.05, 0) is 153 Å². The third kappa shape index (κ3) is 4.49. The minimum Gasteiger partial charge on any atom is -0.255 e. The van der Waals surface area contributed by atoms with Gasteiger partial charge in [0.15, 0.2) is 0 Å². The fourth-order valence-electron chi connectivity index (χ4n) is 10.9. The van der Waals surface area contributed by atoms with Crippen molar-refractivity contribution in [2.75, 3.05) is 0 Å². The molecule has 2 fully saturated rings. The third-order valence-electron chi connectivity index (χ3n) is 13.9. The Morgan fingerprint density at radius 1 is 0.500 bits per heavy atom. The second-order valence-electron chi connectivity index (χ2n) is 16.9. The zero-order chi connectivity index (χ0) is 33.8. The quantitative estimate of drug-likeness (QED) is 0.180. The molecule has 4 heterocycles. The summed E-state index contributed by atoms with van der Waals surface area (Å²) in [5.74, 6) is 3.53. The number of benzene rings is 2. The maximum atomic E-state index is 4.91. The van der Waals surface area contributed by atoms with Crippen molar-refractivity contribution in [3.8, 4) is 22.8 Å². The van der Waals surface area contributed by atoms with Crippen molar-refractivity contribution in [2.24, 2.45) is 22.7 Å². The lowest BCUT2D eigenvalue weighted by Gasteiger charge is -2.60. The van der Waals surface area contributed by atoms with Gasteiger partial charge in [-0.15, -0.1) is 0 Å². The first-order valence-electron chi connectivity index (χ1n) is 18.6. The van der Waals surface area contributed by atoms with Crippen LogP contribution in [0.4, 0.5) is 0 Å². The molecule has 4 heteroatoms. The highest BCUT2D eigenvalue weighted by molar-refractivity contribution is 5.84. The topological polar surface area (TPSA) is 51.6 Å². The van der Waals surface area contributed by atoms with Crippen molar-refractivity contribution < 1.29 is 0 Å². The highest BCUT2D eigenvalue weighted by Gasteiger charge is 2.58. The molecule has 50 heavy (non-hydrogen) atoms. The molecule has 0 aliphatic heterocycles. The summed E-state index contributed by atoms with van der Waals surface area (Å²) in [7, 11) is 0. The normalized spacial score (nSPS) is 26.3. The summed E-state index contributed by atoms with van der Waals surface area (Å²) >= 11 is 0. The van der Waals surface area contributed by atoms with E-state index in [-0.39, 0.29) is 0 Å². The van der Waals surface area contributed by atoms with Gasteiger partial charge in [0.05, 0.1) is 22.8 Å². The Bertz CT molecular complexity index is 2110. The van der Waals surface area contributed by atoms with Crippen molar-refractivity contribution in [3.63, 3.8) is 0 Å². The molecule has 12 rings (SSSR count). The molecule has 0 saturated heterocycles. The van der Waals surface area contributed by atoms with E-state index in [4.69, 9.17) is 9.97 Å². The Hall–Kier alpha value is -4.70. The van der Waals surface area contributed by atoms with Crippen LogP contribution in [0.3, 0.4) is 0 Å². The number of rotatable bonds is 6. The molecule has 6 aliphatic carbocycles. The van der Waals surface area contributed by atoms with E-state index in [0.717, 1.165) is 35.6 Å². The van der Waals surface area contributed by atoms with Crippen molar-refractivity contribution in [3.05, 3.63) is 143 Å². The SMILES string of the molecule is CC1(C)[C@@H]2C[C@H]1c1cnc(-c3ccccn3)cc1[C@H]2Cc1ccc2cc(C[C@@H]3c4cc(-c5ccccn5)ncc4[C@@H]4C[C@H]3C4(C)C)ccc2c1. The fourth-order valence-corrected chi connectivity index (χ4v) is 10.9. The molecule has 248 valence electrons. The Morgan fingerprint density at radius 2 is 0.960 bits per heavy atom. The van der Waals surface area contributed by atoms with Gasteiger partial charge in [-0.2, -0.15) is 0 Å². The number of pyridine rings is 4. The maximum Gasteiger partial charge on any atom is 0.0889 e. The molecule has 0 spiro atoms. The molecule has 4 bridgehead atoms. The number of hydrogen-bond acceptors (Lipinski definition) is 4. The monoisotopic (exact) mass is 652 g/mol. The van der Waals surface area contributed by atoms with E-state index in [1.807, 2.05) is 24.5 Å². The van der Waals surface area contributed by atoms with Gasteiger partial charge >= 0.3 is 0 Å². The molecular weight excluding hydrogens is 609 g/mol. The van der Waals surface area contributed by atoms with Crippen LogP contribution >= 0.6 is 0 Å². The molecular formula is C46H44N4. The third-order valence-corrected chi connectivity index (χ3v) is 13.9. The van der Waals surface area contributed by atoms with E-state index in [9.17, 15) is 0 Å². The van der Waals surface area contributed by atoms with E-state index in [2.05, 4.69) is 123 Å². The van der Waals surface area contributed by atoms with Gasteiger partial charge in [0.1, 0.15) is 0 Å². The van der Waals surface area contributed by atoms with Crippen LogP contribution in [0.25, 0.3) is 33.5 Å². The van der Waals surface area contributed by atoms with Crippen LogP contribution in [0.2, 0.25) is 0 Å². The molecule has 2 aromatic carbocycles. The smallest absolute Gasteiger partial charge is 0.0889 e. The summed E-state index contributed by atoms with van der Waals surface area (Å²) in [4.78, 5) is 19.1. The fraction of sp³-hybridized carbons (Fsp3) is 0.348. The highest BCUT2D eigenvalue weighted by atomic mass is 14.8. The summed E-state index contributed by atoms with van der Waals surface area (Å²) in [5, 5.41) is 2.68. The predicted molar refractivity (Wildman–Crippen MR) is 201 cm³/mol. The highest BCUT2D eigenvalue weighted by Crippen LogP contribution is 2.68. The van der Waals surface area contributed by atoms with Crippen LogP contribution in [0, 0.1) is 22.7 Å². The number of fused-ring (bicyclic) bond motifs is 1. The van der Waals surface area contributed by atoms with Gasteiger partial charge in [-0.3, -0.25) is 19.9 Å². The molecule has 6 aliphatic rings. The zero-order valence-corrected chi connectivity index (χ0v) is 29.5. The Morgan fingerprint density at radius 3 is 1.36 bits per heavy atom. The molecule has 0 amide bonds. The predicted octanol–water partition coefficient (Wildman–Crippen LogP) is 10.7. The Kier molecular flexibility index (Phi) is 6.57. The standard InChI is InChI=1S/C46H44N4/c1-45(2)37-23-39(45)35-25-49-43(41-9-5-7-15-47-41)21-31(35)33(37)19-27-11-13-30-18-28(12-14-29(30)17-27)20-34-32-22-44(42-10-6-8-16-48-42)50-26-36(32)40-24-38(34)46(40,3)4/h5-18,21-22,25-26,33-34,37-40H,19-20,23-24H2,1-4H3/t33-,34-,37-,38-,39+,40+/m1/s1. The molecule has 0 N–H and O–H groups in total. The van der Waals surface area contributed by atoms with Crippen LogP contribution in [-0.4, -0.2) is 19.9 Å². The largest absolute Gasteiger partial charge is 0.255 e. The van der Waals surface area contributed by atoms with Crippen LogP contribution < -0.4 is 0 Å². The van der Waals surface area contributed by atoms with Crippen LogP contribution in [0.5, 0.6) is 0 Å².